The molecule has 0 aromatic heterocycles. The monoisotopic (exact) mass is 253 g/mol. The Morgan fingerprint density at radius 1 is 1.29 bits per heavy atom. The molecule has 96 valence electrons. The Labute approximate surface area is 109 Å². The van der Waals surface area contributed by atoms with E-state index in [1.54, 1.807) is 0 Å². The van der Waals surface area contributed by atoms with E-state index in [1.165, 1.54) is 11.1 Å². The van der Waals surface area contributed by atoms with E-state index in [2.05, 4.69) is 32.0 Å². The number of nitrogens with two attached hydrogens (primary N) is 1. The molecule has 0 spiro atoms. The van der Waals surface area contributed by atoms with E-state index in [1.807, 2.05) is 25.6 Å². The van der Waals surface area contributed by atoms with Crippen molar-refractivity contribution in [3.05, 3.63) is 29.3 Å². The second kappa shape index (κ2) is 6.31. The highest BCUT2D eigenvalue weighted by Crippen LogP contribution is 2.19. The largest absolute Gasteiger partial charge is 0.492 e. The lowest BCUT2D eigenvalue weighted by atomic mass is 10.1. The standard InChI is InChI=1S/C14H23NOS/c1-11-5-6-12(2)13(9-11)16-7-8-17-10-14(3,4)15/h5-6,9H,7-8,10,15H2,1-4H3. The van der Waals surface area contributed by atoms with Gasteiger partial charge >= 0.3 is 0 Å². The molecule has 0 aliphatic carbocycles. The summed E-state index contributed by atoms with van der Waals surface area (Å²) in [4.78, 5) is 0. The number of rotatable bonds is 6. The van der Waals surface area contributed by atoms with Crippen molar-refractivity contribution < 1.29 is 4.74 Å². The minimum atomic E-state index is -0.0933. The van der Waals surface area contributed by atoms with Crippen molar-refractivity contribution in [1.29, 1.82) is 0 Å². The lowest BCUT2D eigenvalue weighted by molar-refractivity contribution is 0.341. The Kier molecular flexibility index (Phi) is 5.34. The maximum atomic E-state index is 5.91. The van der Waals surface area contributed by atoms with Gasteiger partial charge in [0, 0.05) is 17.0 Å². The van der Waals surface area contributed by atoms with Crippen molar-refractivity contribution in [3.8, 4) is 5.75 Å². The van der Waals surface area contributed by atoms with Crippen LogP contribution in [0.1, 0.15) is 25.0 Å². The Morgan fingerprint density at radius 2 is 2.00 bits per heavy atom. The zero-order chi connectivity index (χ0) is 12.9. The van der Waals surface area contributed by atoms with E-state index >= 15 is 0 Å². The van der Waals surface area contributed by atoms with Crippen LogP contribution < -0.4 is 10.5 Å². The maximum absolute atomic E-state index is 5.91. The molecule has 0 heterocycles. The van der Waals surface area contributed by atoms with Gasteiger partial charge in [-0.15, -0.1) is 0 Å². The summed E-state index contributed by atoms with van der Waals surface area (Å²) in [5.74, 6) is 2.94. The SMILES string of the molecule is Cc1ccc(C)c(OCCSCC(C)(C)N)c1. The highest BCUT2D eigenvalue weighted by Gasteiger charge is 2.09. The number of ether oxygens (including phenoxy) is 1. The van der Waals surface area contributed by atoms with Crippen LogP contribution in [-0.2, 0) is 0 Å². The smallest absolute Gasteiger partial charge is 0.122 e. The molecule has 1 aromatic carbocycles. The third-order valence-corrected chi connectivity index (χ3v) is 3.71. The van der Waals surface area contributed by atoms with Gasteiger partial charge in [-0.05, 0) is 44.9 Å². The zero-order valence-electron chi connectivity index (χ0n) is 11.2. The fourth-order valence-electron chi connectivity index (χ4n) is 1.41. The number of benzene rings is 1. The topological polar surface area (TPSA) is 35.2 Å². The molecule has 0 aliphatic rings. The van der Waals surface area contributed by atoms with Crippen LogP contribution in [0.15, 0.2) is 18.2 Å². The van der Waals surface area contributed by atoms with Crippen molar-refractivity contribution in [2.24, 2.45) is 5.73 Å². The van der Waals surface area contributed by atoms with E-state index in [4.69, 9.17) is 10.5 Å². The summed E-state index contributed by atoms with van der Waals surface area (Å²) in [6.45, 7) is 8.99. The number of aryl methyl sites for hydroxylation is 2. The molecule has 0 atom stereocenters. The van der Waals surface area contributed by atoms with Gasteiger partial charge in [-0.3, -0.25) is 0 Å². The van der Waals surface area contributed by atoms with Gasteiger partial charge in [0.05, 0.1) is 6.61 Å². The Balaban J connectivity index is 2.29. The van der Waals surface area contributed by atoms with Crippen LogP contribution in [0.4, 0.5) is 0 Å². The second-order valence-electron chi connectivity index (χ2n) is 5.16. The predicted molar refractivity (Wildman–Crippen MR) is 77.0 cm³/mol. The van der Waals surface area contributed by atoms with E-state index in [0.29, 0.717) is 0 Å². The van der Waals surface area contributed by atoms with Crippen LogP contribution in [0.3, 0.4) is 0 Å². The molecule has 0 saturated carbocycles. The molecule has 1 aromatic rings. The van der Waals surface area contributed by atoms with Crippen LogP contribution in [0.25, 0.3) is 0 Å². The van der Waals surface area contributed by atoms with E-state index < -0.39 is 0 Å². The first-order chi connectivity index (χ1) is 7.88. The summed E-state index contributed by atoms with van der Waals surface area (Å²) in [5, 5.41) is 0. The van der Waals surface area contributed by atoms with Crippen molar-refractivity contribution in [3.63, 3.8) is 0 Å². The second-order valence-corrected chi connectivity index (χ2v) is 6.26. The highest BCUT2D eigenvalue weighted by molar-refractivity contribution is 7.99. The summed E-state index contributed by atoms with van der Waals surface area (Å²) in [5.41, 5.74) is 8.25. The first-order valence-electron chi connectivity index (χ1n) is 5.95. The predicted octanol–water partition coefficient (Wildman–Crippen LogP) is 3.15. The van der Waals surface area contributed by atoms with Crippen LogP contribution in [0.2, 0.25) is 0 Å². The fraction of sp³-hybridized carbons (Fsp3) is 0.571. The van der Waals surface area contributed by atoms with E-state index in [-0.39, 0.29) is 5.54 Å². The Morgan fingerprint density at radius 3 is 2.65 bits per heavy atom. The molecule has 0 unspecified atom stereocenters. The van der Waals surface area contributed by atoms with Gasteiger partial charge in [0.1, 0.15) is 5.75 Å². The fourth-order valence-corrected chi connectivity index (χ4v) is 2.28. The van der Waals surface area contributed by atoms with Crippen molar-refractivity contribution >= 4 is 11.8 Å². The molecule has 0 bridgehead atoms. The molecule has 0 saturated heterocycles. The van der Waals surface area contributed by atoms with Gasteiger partial charge < -0.3 is 10.5 Å². The molecule has 2 N–H and O–H groups in total. The molecule has 0 fully saturated rings. The summed E-state index contributed by atoms with van der Waals surface area (Å²) >= 11 is 1.84. The molecular formula is C14H23NOS. The van der Waals surface area contributed by atoms with Crippen LogP contribution in [0.5, 0.6) is 5.75 Å². The summed E-state index contributed by atoms with van der Waals surface area (Å²) in [7, 11) is 0. The number of hydrogen-bond acceptors (Lipinski definition) is 3. The molecule has 2 nitrogen and oxygen atoms in total. The molecule has 0 aliphatic heterocycles. The molecular weight excluding hydrogens is 230 g/mol. The third-order valence-electron chi connectivity index (χ3n) is 2.30. The van der Waals surface area contributed by atoms with Gasteiger partial charge in [-0.1, -0.05) is 12.1 Å². The Bertz CT molecular complexity index is 358. The third kappa shape index (κ3) is 5.99. The van der Waals surface area contributed by atoms with Crippen LogP contribution in [-0.4, -0.2) is 23.7 Å². The number of hydrogen-bond donors (Lipinski definition) is 1. The van der Waals surface area contributed by atoms with Gasteiger partial charge in [0.15, 0.2) is 0 Å². The van der Waals surface area contributed by atoms with Crippen molar-refractivity contribution in [1.82, 2.24) is 0 Å². The van der Waals surface area contributed by atoms with Crippen LogP contribution in [0, 0.1) is 13.8 Å². The molecule has 17 heavy (non-hydrogen) atoms. The van der Waals surface area contributed by atoms with Crippen LogP contribution >= 0.6 is 11.8 Å². The van der Waals surface area contributed by atoms with Gasteiger partial charge in [-0.2, -0.15) is 11.8 Å². The molecule has 3 heteroatoms. The highest BCUT2D eigenvalue weighted by atomic mass is 32.2. The minimum Gasteiger partial charge on any atom is -0.492 e. The maximum Gasteiger partial charge on any atom is 0.122 e. The summed E-state index contributed by atoms with van der Waals surface area (Å²) < 4.78 is 5.77. The van der Waals surface area contributed by atoms with E-state index in [0.717, 1.165) is 23.9 Å². The lowest BCUT2D eigenvalue weighted by Gasteiger charge is -2.17. The van der Waals surface area contributed by atoms with Crippen molar-refractivity contribution in [2.45, 2.75) is 33.2 Å². The first kappa shape index (κ1) is 14.4. The molecule has 0 amide bonds. The minimum absolute atomic E-state index is 0.0933. The van der Waals surface area contributed by atoms with Crippen molar-refractivity contribution in [2.75, 3.05) is 18.1 Å². The quantitative estimate of drug-likeness (QED) is 0.791. The normalized spacial score (nSPS) is 11.6. The first-order valence-corrected chi connectivity index (χ1v) is 7.11. The van der Waals surface area contributed by atoms with Gasteiger partial charge in [0.25, 0.3) is 0 Å². The number of thioether (sulfide) groups is 1. The Hall–Kier alpha value is -0.670. The summed E-state index contributed by atoms with van der Waals surface area (Å²) in [6.07, 6.45) is 0. The van der Waals surface area contributed by atoms with E-state index in [9.17, 15) is 0 Å². The molecule has 1 rings (SSSR count). The van der Waals surface area contributed by atoms with Gasteiger partial charge in [0.2, 0.25) is 0 Å². The average Bonchev–Trinajstić information content (AvgIpc) is 2.21. The zero-order valence-corrected chi connectivity index (χ0v) is 12.1. The van der Waals surface area contributed by atoms with Gasteiger partial charge in [-0.25, -0.2) is 0 Å². The lowest BCUT2D eigenvalue weighted by Crippen LogP contribution is -2.34. The summed E-state index contributed by atoms with van der Waals surface area (Å²) in [6, 6.07) is 6.29. The molecule has 0 radical (unpaired) electrons. The average molecular weight is 253 g/mol.